The molecule has 1 unspecified atom stereocenters. The van der Waals surface area contributed by atoms with Gasteiger partial charge in [-0.2, -0.15) is 0 Å². The number of benzene rings is 7. The van der Waals surface area contributed by atoms with E-state index in [9.17, 15) is 0 Å². The summed E-state index contributed by atoms with van der Waals surface area (Å²) in [6.07, 6.45) is 7.92. The predicted octanol–water partition coefficient (Wildman–Crippen LogP) is 14.5. The Bertz CT molecular complexity index is 2910. The first-order chi connectivity index (χ1) is 28.1. The molecule has 0 radical (unpaired) electrons. The van der Waals surface area contributed by atoms with Gasteiger partial charge in [-0.05, 0) is 83.1 Å². The zero-order valence-corrected chi connectivity index (χ0v) is 31.6. The van der Waals surface area contributed by atoms with Crippen LogP contribution in [0.3, 0.4) is 0 Å². The number of aromatic nitrogens is 2. The van der Waals surface area contributed by atoms with Crippen molar-refractivity contribution in [2.75, 3.05) is 4.90 Å². The number of allylic oxidation sites excluding steroid dienone is 4. The molecule has 57 heavy (non-hydrogen) atoms. The first kappa shape index (κ1) is 34.2. The summed E-state index contributed by atoms with van der Waals surface area (Å²) in [5.74, 6) is 1.24. The highest BCUT2D eigenvalue weighted by molar-refractivity contribution is 6.12. The normalized spacial score (nSPS) is 13.8. The fourth-order valence-electron chi connectivity index (χ4n) is 7.85. The van der Waals surface area contributed by atoms with Crippen molar-refractivity contribution in [2.45, 2.75) is 13.3 Å². The molecule has 1 aliphatic rings. The number of nitrogens with zero attached hydrogens (tertiary/aromatic N) is 3. The smallest absolute Gasteiger partial charge is 0.161 e. The van der Waals surface area contributed by atoms with Crippen molar-refractivity contribution in [3.8, 4) is 45.0 Å². The molecule has 0 N–H and O–H groups in total. The molecular formula is C53H39N3O. The van der Waals surface area contributed by atoms with Gasteiger partial charge in [0.05, 0.1) is 11.4 Å². The summed E-state index contributed by atoms with van der Waals surface area (Å²) in [5, 5.41) is 2.01. The molecule has 1 aliphatic carbocycles. The minimum atomic E-state index is 0.579. The van der Waals surface area contributed by atoms with Crippen LogP contribution in [0, 0.1) is 5.92 Å². The van der Waals surface area contributed by atoms with Gasteiger partial charge in [0.2, 0.25) is 0 Å². The molecule has 272 valence electrons. The average Bonchev–Trinajstić information content (AvgIpc) is 3.66. The van der Waals surface area contributed by atoms with Crippen molar-refractivity contribution in [1.82, 2.24) is 9.97 Å². The van der Waals surface area contributed by atoms with E-state index in [2.05, 4.69) is 182 Å². The molecule has 0 saturated heterocycles. The summed E-state index contributed by atoms with van der Waals surface area (Å²) >= 11 is 0. The molecule has 7 aromatic carbocycles. The van der Waals surface area contributed by atoms with Gasteiger partial charge in [-0.1, -0.05) is 153 Å². The quantitative estimate of drug-likeness (QED) is 0.156. The first-order valence-electron chi connectivity index (χ1n) is 19.5. The number of rotatable bonds is 8. The highest BCUT2D eigenvalue weighted by atomic mass is 16.3. The van der Waals surface area contributed by atoms with Gasteiger partial charge >= 0.3 is 0 Å². The molecule has 0 amide bonds. The largest absolute Gasteiger partial charge is 0.456 e. The van der Waals surface area contributed by atoms with E-state index in [-0.39, 0.29) is 0 Å². The number of hydrogen-bond acceptors (Lipinski definition) is 4. The van der Waals surface area contributed by atoms with Gasteiger partial charge < -0.3 is 9.32 Å². The number of furan rings is 1. The monoisotopic (exact) mass is 733 g/mol. The van der Waals surface area contributed by atoms with Crippen molar-refractivity contribution in [3.63, 3.8) is 0 Å². The topological polar surface area (TPSA) is 42.2 Å². The molecule has 4 heteroatoms. The fraction of sp³-hybridized carbons (Fsp3) is 0.0566. The maximum atomic E-state index is 6.67. The number of fused-ring (bicyclic) bond motifs is 3. The second kappa shape index (κ2) is 14.7. The predicted molar refractivity (Wildman–Crippen MR) is 237 cm³/mol. The van der Waals surface area contributed by atoms with Gasteiger partial charge in [0, 0.05) is 50.6 Å². The van der Waals surface area contributed by atoms with Crippen LogP contribution < -0.4 is 4.90 Å². The lowest BCUT2D eigenvalue weighted by Gasteiger charge is -2.25. The van der Waals surface area contributed by atoms with Crippen molar-refractivity contribution >= 4 is 44.6 Å². The Balaban J connectivity index is 1.07. The molecule has 9 aromatic rings. The maximum absolute atomic E-state index is 6.67. The second-order valence-electron chi connectivity index (χ2n) is 14.7. The van der Waals surface area contributed by atoms with Gasteiger partial charge in [-0.25, -0.2) is 9.97 Å². The lowest BCUT2D eigenvalue weighted by Crippen LogP contribution is -2.09. The highest BCUT2D eigenvalue weighted by Crippen LogP contribution is 2.42. The molecule has 2 aromatic heterocycles. The van der Waals surface area contributed by atoms with E-state index < -0.39 is 0 Å². The van der Waals surface area contributed by atoms with E-state index in [0.29, 0.717) is 11.7 Å². The van der Waals surface area contributed by atoms with E-state index in [1.807, 2.05) is 30.3 Å². The van der Waals surface area contributed by atoms with Crippen LogP contribution in [0.5, 0.6) is 0 Å². The van der Waals surface area contributed by atoms with E-state index in [1.165, 1.54) is 22.3 Å². The molecular weight excluding hydrogens is 695 g/mol. The third-order valence-corrected chi connectivity index (χ3v) is 10.9. The van der Waals surface area contributed by atoms with Crippen LogP contribution in [0.25, 0.3) is 72.5 Å². The molecule has 1 atom stereocenters. The third-order valence-electron chi connectivity index (χ3n) is 10.9. The number of anilines is 3. The van der Waals surface area contributed by atoms with Crippen molar-refractivity contribution in [3.05, 3.63) is 206 Å². The van der Waals surface area contributed by atoms with Crippen LogP contribution in [0.4, 0.5) is 17.1 Å². The van der Waals surface area contributed by atoms with E-state index in [1.54, 1.807) is 0 Å². The molecule has 0 aliphatic heterocycles. The molecule has 0 spiro atoms. The highest BCUT2D eigenvalue weighted by Gasteiger charge is 2.20. The Labute approximate surface area is 332 Å². The van der Waals surface area contributed by atoms with Crippen LogP contribution in [-0.4, -0.2) is 9.97 Å². The van der Waals surface area contributed by atoms with Crippen LogP contribution in [-0.2, 0) is 0 Å². The fourth-order valence-corrected chi connectivity index (χ4v) is 7.85. The Morgan fingerprint density at radius 1 is 0.509 bits per heavy atom. The summed E-state index contributed by atoms with van der Waals surface area (Å²) in [6.45, 7) is 2.25. The summed E-state index contributed by atoms with van der Waals surface area (Å²) in [6, 6.07) is 63.5. The first-order valence-corrected chi connectivity index (χ1v) is 19.5. The number of para-hydroxylation sites is 1. The minimum absolute atomic E-state index is 0.579. The van der Waals surface area contributed by atoms with E-state index >= 15 is 0 Å². The Kier molecular flexibility index (Phi) is 8.85. The van der Waals surface area contributed by atoms with Gasteiger partial charge in [-0.15, -0.1) is 0 Å². The van der Waals surface area contributed by atoms with Crippen molar-refractivity contribution in [1.29, 1.82) is 0 Å². The van der Waals surface area contributed by atoms with Crippen LogP contribution >= 0.6 is 0 Å². The van der Waals surface area contributed by atoms with Crippen LogP contribution in [0.2, 0.25) is 0 Å². The molecule has 2 heterocycles. The zero-order valence-electron chi connectivity index (χ0n) is 31.6. The Morgan fingerprint density at radius 3 is 1.77 bits per heavy atom. The standard InChI is InChI=1S/C53H39N3O/c1-36-20-22-38(23-21-36)39-24-26-42(27-25-39)49-35-48(41-14-7-3-8-15-41)54-53(55-49)47-18-11-19-50-52(47)46-33-32-45(34-51(46)57-50)56(43-16-9-4-10-17-43)44-30-28-40(29-31-44)37-12-5-2-6-13-37/h2-20,22-36H,21H2,1H3. The SMILES string of the molecule is CC1C=CC(c2ccc(-c3cc(-c4ccccc4)nc(-c4cccc5oc6cc(N(c7ccccc7)c7ccc(-c8ccccc8)cc7)ccc6c45)n3)cc2)=CC1. The minimum Gasteiger partial charge on any atom is -0.456 e. The zero-order chi connectivity index (χ0) is 38.1. The molecule has 0 saturated carbocycles. The Morgan fingerprint density at radius 2 is 1.09 bits per heavy atom. The summed E-state index contributed by atoms with van der Waals surface area (Å²) in [5.41, 5.74) is 14.3. The van der Waals surface area contributed by atoms with Crippen LogP contribution in [0.1, 0.15) is 18.9 Å². The third kappa shape index (κ3) is 6.72. The van der Waals surface area contributed by atoms with Crippen molar-refractivity contribution < 1.29 is 4.42 Å². The van der Waals surface area contributed by atoms with Gasteiger partial charge in [-0.3, -0.25) is 0 Å². The summed E-state index contributed by atoms with van der Waals surface area (Å²) in [7, 11) is 0. The van der Waals surface area contributed by atoms with Crippen LogP contribution in [0.15, 0.2) is 205 Å². The lowest BCUT2D eigenvalue weighted by atomic mass is 9.93. The van der Waals surface area contributed by atoms with E-state index in [0.717, 1.165) is 73.5 Å². The maximum Gasteiger partial charge on any atom is 0.161 e. The average molecular weight is 734 g/mol. The molecule has 10 rings (SSSR count). The van der Waals surface area contributed by atoms with Crippen molar-refractivity contribution in [2.24, 2.45) is 5.92 Å². The van der Waals surface area contributed by atoms with Gasteiger partial charge in [0.25, 0.3) is 0 Å². The van der Waals surface area contributed by atoms with Gasteiger partial charge in [0.15, 0.2) is 5.82 Å². The Hall–Kier alpha value is -7.30. The molecule has 0 bridgehead atoms. The summed E-state index contributed by atoms with van der Waals surface area (Å²) in [4.78, 5) is 12.7. The van der Waals surface area contributed by atoms with E-state index in [4.69, 9.17) is 14.4 Å². The summed E-state index contributed by atoms with van der Waals surface area (Å²) < 4.78 is 6.67. The second-order valence-corrected chi connectivity index (χ2v) is 14.7. The lowest BCUT2D eigenvalue weighted by molar-refractivity contribution is 0.669. The number of hydrogen-bond donors (Lipinski definition) is 0. The molecule has 0 fully saturated rings. The molecule has 4 nitrogen and oxygen atoms in total. The van der Waals surface area contributed by atoms with Gasteiger partial charge in [0.1, 0.15) is 11.2 Å².